The van der Waals surface area contributed by atoms with Crippen LogP contribution in [0.2, 0.25) is 0 Å². The lowest BCUT2D eigenvalue weighted by Crippen LogP contribution is -2.61. The van der Waals surface area contributed by atoms with E-state index in [1.54, 1.807) is 0 Å². The van der Waals surface area contributed by atoms with Crippen LogP contribution in [0.5, 0.6) is 5.75 Å². The fourth-order valence-corrected chi connectivity index (χ4v) is 1.84. The van der Waals surface area contributed by atoms with E-state index in [0.29, 0.717) is 12.1 Å². The van der Waals surface area contributed by atoms with Crippen LogP contribution in [0.25, 0.3) is 0 Å². The zero-order chi connectivity index (χ0) is 15.3. The Balaban J connectivity index is 2.55. The molecule has 6 nitrogen and oxygen atoms in total. The van der Waals surface area contributed by atoms with E-state index in [1.165, 1.54) is 0 Å². The van der Waals surface area contributed by atoms with Crippen molar-refractivity contribution in [2.75, 3.05) is 0 Å². The number of aliphatic carboxylic acids is 1. The summed E-state index contributed by atoms with van der Waals surface area (Å²) in [5.41, 5.74) is -5.17. The predicted molar refractivity (Wildman–Crippen MR) is 51.2 cm³/mol. The Hall–Kier alpha value is -2.39. The molecule has 1 heterocycles. The Morgan fingerprint density at radius 1 is 1.40 bits per heavy atom. The topological polar surface area (TPSA) is 92.5 Å². The van der Waals surface area contributed by atoms with Gasteiger partial charge >= 0.3 is 11.9 Å². The Kier molecular flexibility index (Phi) is 2.84. The molecule has 0 aliphatic carbocycles. The van der Waals surface area contributed by atoms with Gasteiger partial charge in [-0.2, -0.15) is 17.6 Å². The highest BCUT2D eigenvalue weighted by atomic mass is 19.4. The lowest BCUT2D eigenvalue weighted by atomic mass is 9.96. The minimum atomic E-state index is -5.32. The molecule has 1 atom stereocenters. The van der Waals surface area contributed by atoms with Crippen LogP contribution in [0, 0.1) is 15.9 Å². The fraction of sp³-hybridized carbons (Fsp3) is 0.300. The molecule has 1 unspecified atom stereocenters. The van der Waals surface area contributed by atoms with E-state index in [-0.39, 0.29) is 0 Å². The lowest BCUT2D eigenvalue weighted by Gasteiger charge is -2.31. The summed E-state index contributed by atoms with van der Waals surface area (Å²) >= 11 is 0. The van der Waals surface area contributed by atoms with Crippen molar-refractivity contribution in [3.05, 3.63) is 33.6 Å². The highest BCUT2D eigenvalue weighted by Crippen LogP contribution is 2.45. The second-order valence-electron chi connectivity index (χ2n) is 4.06. The zero-order valence-corrected chi connectivity index (χ0v) is 9.36. The normalized spacial score (nSPS) is 21.2. The van der Waals surface area contributed by atoms with Gasteiger partial charge in [0, 0.05) is 24.1 Å². The number of fused-ring (bicyclic) bond motifs is 1. The number of carboxylic acid groups (broad SMARTS) is 1. The molecule has 0 bridgehead atoms. The van der Waals surface area contributed by atoms with E-state index >= 15 is 0 Å². The SMILES string of the molecule is O=C([O-])C1(C(F)(F)F)Cc2cc([N+](=O)[O-])c(F)cc2O1. The minimum absolute atomic E-state index is 0.351. The van der Waals surface area contributed by atoms with Gasteiger partial charge in [-0.15, -0.1) is 0 Å². The van der Waals surface area contributed by atoms with E-state index in [0.717, 1.165) is 0 Å². The highest BCUT2D eigenvalue weighted by Gasteiger charge is 2.62. The summed E-state index contributed by atoms with van der Waals surface area (Å²) in [5.74, 6) is -4.69. The first-order chi connectivity index (χ1) is 9.08. The van der Waals surface area contributed by atoms with Gasteiger partial charge in [0.2, 0.25) is 11.4 Å². The number of halogens is 4. The van der Waals surface area contributed by atoms with Crippen LogP contribution in [0.4, 0.5) is 23.2 Å². The Labute approximate surface area is 107 Å². The maximum atomic E-state index is 13.3. The summed E-state index contributed by atoms with van der Waals surface area (Å²) < 4.78 is 56.0. The van der Waals surface area contributed by atoms with Gasteiger partial charge in [0.05, 0.1) is 10.9 Å². The number of ether oxygens (including phenoxy) is 1. The van der Waals surface area contributed by atoms with Crippen LogP contribution >= 0.6 is 0 Å². The average Bonchev–Trinajstić information content (AvgIpc) is 2.66. The molecule has 0 saturated carbocycles. The molecule has 1 aliphatic rings. The maximum absolute atomic E-state index is 13.3. The number of benzene rings is 1. The van der Waals surface area contributed by atoms with E-state index < -0.39 is 51.9 Å². The molecule has 0 spiro atoms. The number of nitro benzene ring substituents is 1. The van der Waals surface area contributed by atoms with Crippen molar-refractivity contribution in [2.45, 2.75) is 18.2 Å². The molecular formula is C10H4F4NO5-. The lowest BCUT2D eigenvalue weighted by molar-refractivity contribution is -0.387. The van der Waals surface area contributed by atoms with Gasteiger partial charge in [0.1, 0.15) is 5.75 Å². The summed E-state index contributed by atoms with van der Waals surface area (Å²) in [6.45, 7) is 0. The van der Waals surface area contributed by atoms with Crippen LogP contribution in [0.1, 0.15) is 5.56 Å². The summed E-state index contributed by atoms with van der Waals surface area (Å²) in [4.78, 5) is 20.1. The Bertz CT molecular complexity index is 614. The maximum Gasteiger partial charge on any atom is 0.434 e. The smallest absolute Gasteiger partial charge is 0.434 e. The van der Waals surface area contributed by atoms with Crippen LogP contribution in [0.3, 0.4) is 0 Å². The summed E-state index contributed by atoms with van der Waals surface area (Å²) in [5, 5.41) is 21.2. The van der Waals surface area contributed by atoms with Crippen molar-refractivity contribution in [3.8, 4) is 5.75 Å². The molecule has 0 radical (unpaired) electrons. The monoisotopic (exact) mass is 294 g/mol. The molecule has 1 aliphatic heterocycles. The number of nitrogens with zero attached hydrogens (tertiary/aromatic N) is 1. The third-order valence-electron chi connectivity index (χ3n) is 2.84. The summed E-state index contributed by atoms with van der Waals surface area (Å²) in [6.07, 6.45) is -6.55. The van der Waals surface area contributed by atoms with Gasteiger partial charge in [0.25, 0.3) is 0 Å². The van der Waals surface area contributed by atoms with Crippen LogP contribution in [-0.2, 0) is 11.2 Å². The number of hydrogen-bond donors (Lipinski definition) is 0. The molecule has 0 aromatic heterocycles. The fourth-order valence-electron chi connectivity index (χ4n) is 1.84. The van der Waals surface area contributed by atoms with Gasteiger partial charge in [0.15, 0.2) is 0 Å². The van der Waals surface area contributed by atoms with Crippen molar-refractivity contribution >= 4 is 11.7 Å². The summed E-state index contributed by atoms with van der Waals surface area (Å²) in [6, 6.07) is 0.866. The number of nitro groups is 1. The number of carbonyl (C=O) groups excluding carboxylic acids is 1. The van der Waals surface area contributed by atoms with Gasteiger partial charge in [-0.25, -0.2) is 0 Å². The Morgan fingerprint density at radius 3 is 2.45 bits per heavy atom. The van der Waals surface area contributed by atoms with Gasteiger partial charge in [-0.3, -0.25) is 10.1 Å². The molecule has 0 amide bonds. The second kappa shape index (κ2) is 4.05. The van der Waals surface area contributed by atoms with Gasteiger partial charge in [-0.05, 0) is 0 Å². The molecule has 1 aromatic rings. The second-order valence-corrected chi connectivity index (χ2v) is 4.06. The molecule has 0 fully saturated rings. The number of hydrogen-bond acceptors (Lipinski definition) is 5. The third kappa shape index (κ3) is 1.84. The molecule has 2 rings (SSSR count). The number of alkyl halides is 3. The zero-order valence-electron chi connectivity index (χ0n) is 9.36. The predicted octanol–water partition coefficient (Wildman–Crippen LogP) is 0.720. The summed E-state index contributed by atoms with van der Waals surface area (Å²) in [7, 11) is 0. The van der Waals surface area contributed by atoms with Crippen LogP contribution < -0.4 is 9.84 Å². The number of rotatable bonds is 2. The van der Waals surface area contributed by atoms with Crippen molar-refractivity contribution in [1.82, 2.24) is 0 Å². The number of carboxylic acids is 1. The average molecular weight is 294 g/mol. The molecule has 0 saturated heterocycles. The molecule has 1 aromatic carbocycles. The highest BCUT2D eigenvalue weighted by molar-refractivity contribution is 5.79. The van der Waals surface area contributed by atoms with E-state index in [2.05, 4.69) is 4.74 Å². The first kappa shape index (κ1) is 14.0. The van der Waals surface area contributed by atoms with Crippen molar-refractivity contribution < 1.29 is 37.1 Å². The quantitative estimate of drug-likeness (QED) is 0.455. The van der Waals surface area contributed by atoms with E-state index in [1.807, 2.05) is 0 Å². The molecule has 20 heavy (non-hydrogen) atoms. The molecular weight excluding hydrogens is 290 g/mol. The van der Waals surface area contributed by atoms with Crippen molar-refractivity contribution in [3.63, 3.8) is 0 Å². The molecule has 10 heteroatoms. The van der Waals surface area contributed by atoms with E-state index in [4.69, 9.17) is 0 Å². The standard InChI is InChI=1S/C10H5F4NO5/c11-5-2-7-4(1-6(5)15(18)19)3-9(20-7,8(16)17)10(12,13)14/h1-2H,3H2,(H,16,17)/p-1. The van der Waals surface area contributed by atoms with Crippen molar-refractivity contribution in [1.29, 1.82) is 0 Å². The first-order valence-corrected chi connectivity index (χ1v) is 5.02. The van der Waals surface area contributed by atoms with Gasteiger partial charge in [-0.1, -0.05) is 0 Å². The third-order valence-corrected chi connectivity index (χ3v) is 2.84. The van der Waals surface area contributed by atoms with Crippen LogP contribution in [-0.4, -0.2) is 22.7 Å². The van der Waals surface area contributed by atoms with Crippen LogP contribution in [0.15, 0.2) is 12.1 Å². The molecule has 0 N–H and O–H groups in total. The molecule has 108 valence electrons. The number of carbonyl (C=O) groups is 1. The Morgan fingerprint density at radius 2 is 2.00 bits per heavy atom. The van der Waals surface area contributed by atoms with E-state index in [9.17, 15) is 37.6 Å². The minimum Gasteiger partial charge on any atom is -0.545 e. The largest absolute Gasteiger partial charge is 0.545 e. The first-order valence-electron chi connectivity index (χ1n) is 5.02. The van der Waals surface area contributed by atoms with Gasteiger partial charge < -0.3 is 14.6 Å². The van der Waals surface area contributed by atoms with Crippen molar-refractivity contribution in [2.24, 2.45) is 0 Å².